The summed E-state index contributed by atoms with van der Waals surface area (Å²) in [6.07, 6.45) is 0. The van der Waals surface area contributed by atoms with E-state index in [2.05, 4.69) is 19.1 Å². The van der Waals surface area contributed by atoms with E-state index in [0.29, 0.717) is 13.1 Å². The summed E-state index contributed by atoms with van der Waals surface area (Å²) in [6, 6.07) is 12.1. The fraction of sp³-hybridized carbons (Fsp3) is 0.429. The Kier molecular flexibility index (Phi) is 6.27. The van der Waals surface area contributed by atoms with Gasteiger partial charge in [-0.3, -0.25) is 9.59 Å². The fourth-order valence-electron chi connectivity index (χ4n) is 3.36. The second-order valence-corrected chi connectivity index (χ2v) is 9.46. The molecule has 2 amide bonds. The number of carbonyl (C=O) groups is 2. The van der Waals surface area contributed by atoms with E-state index < -0.39 is 0 Å². The standard InChI is InChI=1S/C21H26N2O2S2/c1-14(2)22(20(25)18-10-7-13-26-18)11-12-23-19(24)16(4)27-21(23)17-9-6-5-8-15(17)3/h5-10,13-14,16,21H,11-12H2,1-4H3/t16-,21-/m0/s1. The third-order valence-corrected chi connectivity index (χ3v) is 7.13. The van der Waals surface area contributed by atoms with E-state index >= 15 is 0 Å². The van der Waals surface area contributed by atoms with Gasteiger partial charge in [0.2, 0.25) is 5.91 Å². The second-order valence-electron chi connectivity index (χ2n) is 7.09. The number of hydrogen-bond donors (Lipinski definition) is 0. The van der Waals surface area contributed by atoms with Gasteiger partial charge in [0.15, 0.2) is 0 Å². The van der Waals surface area contributed by atoms with Crippen LogP contribution in [0.3, 0.4) is 0 Å². The van der Waals surface area contributed by atoms with Gasteiger partial charge in [-0.15, -0.1) is 23.1 Å². The number of thiophene rings is 1. The average molecular weight is 403 g/mol. The van der Waals surface area contributed by atoms with Crippen molar-refractivity contribution in [3.63, 3.8) is 0 Å². The Bertz CT molecular complexity index is 804. The first-order chi connectivity index (χ1) is 12.9. The van der Waals surface area contributed by atoms with Gasteiger partial charge < -0.3 is 9.80 Å². The van der Waals surface area contributed by atoms with Crippen LogP contribution < -0.4 is 0 Å². The molecule has 1 aliphatic rings. The predicted molar refractivity (Wildman–Crippen MR) is 113 cm³/mol. The lowest BCUT2D eigenvalue weighted by Crippen LogP contribution is -2.43. The highest BCUT2D eigenvalue weighted by Crippen LogP contribution is 2.43. The lowest BCUT2D eigenvalue weighted by atomic mass is 10.1. The molecule has 4 nitrogen and oxygen atoms in total. The molecule has 2 heterocycles. The number of carbonyl (C=O) groups excluding carboxylic acids is 2. The van der Waals surface area contributed by atoms with Crippen molar-refractivity contribution in [2.45, 2.75) is 44.4 Å². The van der Waals surface area contributed by atoms with Crippen LogP contribution in [0.25, 0.3) is 0 Å². The van der Waals surface area contributed by atoms with E-state index in [-0.39, 0.29) is 28.5 Å². The Morgan fingerprint density at radius 3 is 2.59 bits per heavy atom. The molecule has 1 saturated heterocycles. The van der Waals surface area contributed by atoms with E-state index in [1.54, 1.807) is 11.8 Å². The predicted octanol–water partition coefficient (Wildman–Crippen LogP) is 4.57. The van der Waals surface area contributed by atoms with Crippen LogP contribution in [0.15, 0.2) is 41.8 Å². The summed E-state index contributed by atoms with van der Waals surface area (Å²) in [5.41, 5.74) is 2.37. The Labute approximate surface area is 169 Å². The second kappa shape index (κ2) is 8.48. The van der Waals surface area contributed by atoms with Crippen molar-refractivity contribution in [1.29, 1.82) is 0 Å². The van der Waals surface area contributed by atoms with Crippen molar-refractivity contribution >= 4 is 34.9 Å². The number of hydrogen-bond acceptors (Lipinski definition) is 4. The van der Waals surface area contributed by atoms with Gasteiger partial charge in [0.1, 0.15) is 5.37 Å². The maximum atomic E-state index is 12.8. The molecular formula is C21H26N2O2S2. The van der Waals surface area contributed by atoms with E-state index in [0.717, 1.165) is 4.88 Å². The van der Waals surface area contributed by atoms with E-state index in [1.165, 1.54) is 22.5 Å². The normalized spacial score (nSPS) is 19.7. The summed E-state index contributed by atoms with van der Waals surface area (Å²) in [5, 5.41) is 1.87. The van der Waals surface area contributed by atoms with Gasteiger partial charge in [-0.05, 0) is 50.3 Å². The van der Waals surface area contributed by atoms with Crippen LogP contribution in [0.5, 0.6) is 0 Å². The minimum atomic E-state index is -0.0601. The Morgan fingerprint density at radius 2 is 1.96 bits per heavy atom. The molecule has 1 aromatic heterocycles. The molecule has 0 bridgehead atoms. The fourth-order valence-corrected chi connectivity index (χ4v) is 5.44. The number of aryl methyl sites for hydroxylation is 1. The minimum Gasteiger partial charge on any atom is -0.334 e. The van der Waals surface area contributed by atoms with Gasteiger partial charge in [-0.1, -0.05) is 30.3 Å². The van der Waals surface area contributed by atoms with Crippen LogP contribution in [0.2, 0.25) is 0 Å². The molecule has 0 spiro atoms. The molecule has 3 rings (SSSR count). The van der Waals surface area contributed by atoms with Gasteiger partial charge >= 0.3 is 0 Å². The maximum Gasteiger partial charge on any atom is 0.264 e. The molecule has 0 radical (unpaired) electrons. The SMILES string of the molecule is Cc1ccccc1[C@@H]1S[C@@H](C)C(=O)N1CCN(C(=O)c1cccs1)C(C)C. The largest absolute Gasteiger partial charge is 0.334 e. The van der Waals surface area contributed by atoms with Crippen LogP contribution in [-0.2, 0) is 4.79 Å². The zero-order valence-electron chi connectivity index (χ0n) is 16.2. The molecule has 2 atom stereocenters. The van der Waals surface area contributed by atoms with Gasteiger partial charge in [0.25, 0.3) is 5.91 Å². The molecule has 1 aromatic carbocycles. The van der Waals surface area contributed by atoms with Crippen molar-refractivity contribution < 1.29 is 9.59 Å². The highest BCUT2D eigenvalue weighted by molar-refractivity contribution is 8.01. The average Bonchev–Trinajstić information content (AvgIpc) is 3.26. The topological polar surface area (TPSA) is 40.6 Å². The van der Waals surface area contributed by atoms with Crippen LogP contribution >= 0.6 is 23.1 Å². The summed E-state index contributed by atoms with van der Waals surface area (Å²) >= 11 is 3.15. The number of amides is 2. The van der Waals surface area contributed by atoms with Gasteiger partial charge in [-0.25, -0.2) is 0 Å². The van der Waals surface area contributed by atoms with Crippen LogP contribution in [0, 0.1) is 6.92 Å². The summed E-state index contributed by atoms with van der Waals surface area (Å²) in [5.74, 6) is 0.195. The van der Waals surface area contributed by atoms with Crippen LogP contribution in [-0.4, -0.2) is 46.0 Å². The van der Waals surface area contributed by atoms with Crippen LogP contribution in [0.1, 0.15) is 46.9 Å². The van der Waals surface area contributed by atoms with Gasteiger partial charge in [0, 0.05) is 19.1 Å². The van der Waals surface area contributed by atoms with E-state index in [4.69, 9.17) is 0 Å². The smallest absolute Gasteiger partial charge is 0.264 e. The van der Waals surface area contributed by atoms with E-state index in [9.17, 15) is 9.59 Å². The lowest BCUT2D eigenvalue weighted by Gasteiger charge is -2.31. The molecule has 27 heavy (non-hydrogen) atoms. The Balaban J connectivity index is 1.78. The molecule has 0 aliphatic carbocycles. The maximum absolute atomic E-state index is 12.8. The van der Waals surface area contributed by atoms with Crippen molar-refractivity contribution in [3.8, 4) is 0 Å². The molecule has 6 heteroatoms. The number of thioether (sulfide) groups is 1. The summed E-state index contributed by atoms with van der Waals surface area (Å²) in [7, 11) is 0. The first-order valence-electron chi connectivity index (χ1n) is 9.26. The molecular weight excluding hydrogens is 376 g/mol. The van der Waals surface area contributed by atoms with Gasteiger partial charge in [-0.2, -0.15) is 0 Å². The van der Waals surface area contributed by atoms with Crippen molar-refractivity contribution in [2.75, 3.05) is 13.1 Å². The molecule has 2 aromatic rings. The molecule has 0 saturated carbocycles. The highest BCUT2D eigenvalue weighted by Gasteiger charge is 2.39. The summed E-state index contributed by atoms with van der Waals surface area (Å²) in [4.78, 5) is 30.2. The van der Waals surface area contributed by atoms with Crippen molar-refractivity contribution in [2.24, 2.45) is 0 Å². The Morgan fingerprint density at radius 1 is 1.22 bits per heavy atom. The number of benzene rings is 1. The van der Waals surface area contributed by atoms with E-state index in [1.807, 2.05) is 60.2 Å². The van der Waals surface area contributed by atoms with Crippen molar-refractivity contribution in [1.82, 2.24) is 9.80 Å². The zero-order valence-corrected chi connectivity index (χ0v) is 17.8. The Hall–Kier alpha value is -1.79. The van der Waals surface area contributed by atoms with Crippen LogP contribution in [0.4, 0.5) is 0 Å². The summed E-state index contributed by atoms with van der Waals surface area (Å²) in [6.45, 7) is 9.18. The molecule has 144 valence electrons. The monoisotopic (exact) mass is 402 g/mol. The third-order valence-electron chi connectivity index (χ3n) is 4.90. The van der Waals surface area contributed by atoms with Crippen molar-refractivity contribution in [3.05, 3.63) is 57.8 Å². The molecule has 0 N–H and O–H groups in total. The van der Waals surface area contributed by atoms with Gasteiger partial charge in [0.05, 0.1) is 10.1 Å². The quantitative estimate of drug-likeness (QED) is 0.711. The zero-order chi connectivity index (χ0) is 19.6. The lowest BCUT2D eigenvalue weighted by molar-refractivity contribution is -0.130. The number of rotatable bonds is 6. The first-order valence-corrected chi connectivity index (χ1v) is 11.1. The molecule has 0 unspecified atom stereocenters. The highest BCUT2D eigenvalue weighted by atomic mass is 32.2. The number of nitrogens with zero attached hydrogens (tertiary/aromatic N) is 2. The first kappa shape index (κ1) is 20.0. The molecule has 1 fully saturated rings. The third kappa shape index (κ3) is 4.22. The minimum absolute atomic E-state index is 0.0135. The summed E-state index contributed by atoms with van der Waals surface area (Å²) < 4.78 is 0. The molecule has 1 aliphatic heterocycles.